The van der Waals surface area contributed by atoms with Gasteiger partial charge in [0.1, 0.15) is 0 Å². The third-order valence-corrected chi connectivity index (χ3v) is 1.80. The van der Waals surface area contributed by atoms with Crippen LogP contribution in [0.4, 0.5) is 0 Å². The molecule has 0 unspecified atom stereocenters. The Morgan fingerprint density at radius 1 is 1.00 bits per heavy atom. The maximum atomic E-state index is 5.37. The van der Waals surface area contributed by atoms with Crippen molar-refractivity contribution in [1.29, 1.82) is 0 Å². The van der Waals surface area contributed by atoms with Crippen LogP contribution in [-0.2, 0) is 4.65 Å². The molecule has 0 aliphatic rings. The molecule has 0 N–H and O–H groups in total. The predicted octanol–water partition coefficient (Wildman–Crippen LogP) is 2.01. The Morgan fingerprint density at radius 2 is 1.36 bits per heavy atom. The zero-order valence-electron chi connectivity index (χ0n) is 8.55. The van der Waals surface area contributed by atoms with E-state index < -0.39 is 0 Å². The first kappa shape index (κ1) is 11.0. The lowest BCUT2D eigenvalue weighted by Gasteiger charge is -2.19. The molecule has 0 aromatic rings. The fraction of sp³-hybridized carbons (Fsp3) is 1.00. The van der Waals surface area contributed by atoms with E-state index in [9.17, 15) is 0 Å². The van der Waals surface area contributed by atoms with Crippen LogP contribution in [0, 0.1) is 11.8 Å². The summed E-state index contributed by atoms with van der Waals surface area (Å²) in [7, 11) is 1.81. The van der Waals surface area contributed by atoms with Crippen molar-refractivity contribution in [1.82, 2.24) is 0 Å². The minimum atomic E-state index is 0.468. The molecule has 0 aromatic carbocycles. The third kappa shape index (κ3) is 6.42. The summed E-state index contributed by atoms with van der Waals surface area (Å²) in [6.07, 6.45) is 2.85. The maximum Gasteiger partial charge on any atom is 0.257 e. The van der Waals surface area contributed by atoms with Gasteiger partial charge in [0.15, 0.2) is 0 Å². The van der Waals surface area contributed by atoms with Gasteiger partial charge in [-0.1, -0.05) is 27.7 Å². The average molecular weight is 156 g/mol. The van der Waals surface area contributed by atoms with Crippen LogP contribution in [0.5, 0.6) is 0 Å². The standard InChI is InChI=1S/C9H21BO/c1-7(2)5-9(11-10)6-8(3)4/h7-9H,5-6,10H2,1-4H3. The topological polar surface area (TPSA) is 9.23 Å². The second-order valence-electron chi connectivity index (χ2n) is 4.12. The van der Waals surface area contributed by atoms with E-state index >= 15 is 0 Å². The average Bonchev–Trinajstić information content (AvgIpc) is 1.84. The molecule has 0 rings (SSSR count). The number of hydrogen-bond acceptors (Lipinski definition) is 1. The Morgan fingerprint density at radius 3 is 1.55 bits per heavy atom. The van der Waals surface area contributed by atoms with Crippen LogP contribution in [0.1, 0.15) is 40.5 Å². The van der Waals surface area contributed by atoms with E-state index in [0.29, 0.717) is 6.10 Å². The first-order valence-corrected chi connectivity index (χ1v) is 4.59. The molecule has 0 saturated carbocycles. The Labute approximate surface area is 72.0 Å². The van der Waals surface area contributed by atoms with E-state index in [1.54, 1.807) is 0 Å². The van der Waals surface area contributed by atoms with Crippen molar-refractivity contribution in [2.45, 2.75) is 46.6 Å². The first-order chi connectivity index (χ1) is 5.06. The van der Waals surface area contributed by atoms with Gasteiger partial charge in [-0.3, -0.25) is 0 Å². The van der Waals surface area contributed by atoms with E-state index in [4.69, 9.17) is 4.65 Å². The summed E-state index contributed by atoms with van der Waals surface area (Å²) >= 11 is 0. The van der Waals surface area contributed by atoms with Crippen LogP contribution >= 0.6 is 0 Å². The lowest BCUT2D eigenvalue weighted by molar-refractivity contribution is 0.164. The van der Waals surface area contributed by atoms with Crippen molar-refractivity contribution in [3.8, 4) is 0 Å². The molecule has 0 bridgehead atoms. The zero-order chi connectivity index (χ0) is 8.85. The van der Waals surface area contributed by atoms with E-state index in [-0.39, 0.29) is 0 Å². The molecule has 0 fully saturated rings. The highest BCUT2D eigenvalue weighted by Crippen LogP contribution is 2.15. The Bertz CT molecular complexity index is 81.6. The molecule has 0 aliphatic carbocycles. The Balaban J connectivity index is 3.58. The molecule has 1 nitrogen and oxygen atoms in total. The van der Waals surface area contributed by atoms with Crippen LogP contribution < -0.4 is 0 Å². The van der Waals surface area contributed by atoms with Crippen molar-refractivity contribution in [2.24, 2.45) is 11.8 Å². The number of rotatable bonds is 5. The smallest absolute Gasteiger partial charge is 0.257 e. The lowest BCUT2D eigenvalue weighted by Crippen LogP contribution is -2.16. The third-order valence-electron chi connectivity index (χ3n) is 1.80. The summed E-state index contributed by atoms with van der Waals surface area (Å²) in [4.78, 5) is 0. The largest absolute Gasteiger partial charge is 0.441 e. The van der Waals surface area contributed by atoms with Gasteiger partial charge in [-0.2, -0.15) is 0 Å². The second kappa shape index (κ2) is 5.65. The zero-order valence-corrected chi connectivity index (χ0v) is 8.55. The van der Waals surface area contributed by atoms with Crippen LogP contribution in [-0.4, -0.2) is 14.2 Å². The van der Waals surface area contributed by atoms with Gasteiger partial charge in [-0.05, 0) is 24.7 Å². The lowest BCUT2D eigenvalue weighted by atomic mass is 9.97. The maximum absolute atomic E-state index is 5.37. The second-order valence-corrected chi connectivity index (χ2v) is 4.12. The normalized spacial score (nSPS) is 11.9. The van der Waals surface area contributed by atoms with Gasteiger partial charge in [0.05, 0.1) is 0 Å². The van der Waals surface area contributed by atoms with E-state index in [1.165, 1.54) is 12.8 Å². The molecule has 0 aromatic heterocycles. The fourth-order valence-electron chi connectivity index (χ4n) is 1.34. The fourth-order valence-corrected chi connectivity index (χ4v) is 1.34. The van der Waals surface area contributed by atoms with Crippen molar-refractivity contribution >= 4 is 8.05 Å². The minimum Gasteiger partial charge on any atom is -0.441 e. The van der Waals surface area contributed by atoms with Crippen molar-refractivity contribution in [2.75, 3.05) is 0 Å². The molecular formula is C9H21BO. The Hall–Kier alpha value is 0.0249. The van der Waals surface area contributed by atoms with Gasteiger partial charge in [0, 0.05) is 6.10 Å². The minimum absolute atomic E-state index is 0.468. The summed E-state index contributed by atoms with van der Waals surface area (Å²) < 4.78 is 5.37. The summed E-state index contributed by atoms with van der Waals surface area (Å²) in [5.74, 6) is 1.50. The van der Waals surface area contributed by atoms with Crippen molar-refractivity contribution in [3.63, 3.8) is 0 Å². The molecule has 0 aliphatic heterocycles. The molecule has 0 saturated heterocycles. The molecule has 0 amide bonds. The van der Waals surface area contributed by atoms with Crippen LogP contribution in [0.25, 0.3) is 0 Å². The summed E-state index contributed by atoms with van der Waals surface area (Å²) in [5, 5.41) is 0. The molecule has 66 valence electrons. The summed E-state index contributed by atoms with van der Waals surface area (Å²) in [6, 6.07) is 0. The van der Waals surface area contributed by atoms with Gasteiger partial charge in [0.2, 0.25) is 0 Å². The summed E-state index contributed by atoms with van der Waals surface area (Å²) in [5.41, 5.74) is 0. The molecular weight excluding hydrogens is 135 g/mol. The summed E-state index contributed by atoms with van der Waals surface area (Å²) in [6.45, 7) is 8.97. The van der Waals surface area contributed by atoms with Crippen LogP contribution in [0.15, 0.2) is 0 Å². The molecule has 0 spiro atoms. The van der Waals surface area contributed by atoms with Crippen LogP contribution in [0.2, 0.25) is 0 Å². The van der Waals surface area contributed by atoms with Crippen molar-refractivity contribution in [3.05, 3.63) is 0 Å². The van der Waals surface area contributed by atoms with E-state index in [2.05, 4.69) is 27.7 Å². The molecule has 11 heavy (non-hydrogen) atoms. The highest BCUT2D eigenvalue weighted by atomic mass is 16.4. The predicted molar refractivity (Wildman–Crippen MR) is 52.3 cm³/mol. The molecule has 0 heterocycles. The van der Waals surface area contributed by atoms with Crippen LogP contribution in [0.3, 0.4) is 0 Å². The monoisotopic (exact) mass is 156 g/mol. The molecule has 0 radical (unpaired) electrons. The van der Waals surface area contributed by atoms with Gasteiger partial charge in [-0.25, -0.2) is 0 Å². The number of hydrogen-bond donors (Lipinski definition) is 0. The highest BCUT2D eigenvalue weighted by Gasteiger charge is 2.10. The van der Waals surface area contributed by atoms with Gasteiger partial charge >= 0.3 is 0 Å². The van der Waals surface area contributed by atoms with Crippen molar-refractivity contribution < 1.29 is 4.65 Å². The first-order valence-electron chi connectivity index (χ1n) is 4.59. The highest BCUT2D eigenvalue weighted by molar-refractivity contribution is 5.98. The SMILES string of the molecule is BOC(CC(C)C)CC(C)C. The quantitative estimate of drug-likeness (QED) is 0.553. The molecule has 0 atom stereocenters. The van der Waals surface area contributed by atoms with E-state index in [0.717, 1.165) is 11.8 Å². The van der Waals surface area contributed by atoms with Gasteiger partial charge in [-0.15, -0.1) is 0 Å². The van der Waals surface area contributed by atoms with Gasteiger partial charge in [0.25, 0.3) is 8.05 Å². The molecule has 2 heteroatoms. The van der Waals surface area contributed by atoms with E-state index in [1.807, 2.05) is 8.05 Å². The Kier molecular flexibility index (Phi) is 5.66. The van der Waals surface area contributed by atoms with Gasteiger partial charge < -0.3 is 4.65 Å².